The molecule has 7 nitrogen and oxygen atoms in total. The van der Waals surface area contributed by atoms with Crippen LogP contribution in [0.4, 0.5) is 4.79 Å². The van der Waals surface area contributed by atoms with Crippen molar-refractivity contribution in [1.82, 2.24) is 20.2 Å². The van der Waals surface area contributed by atoms with E-state index in [2.05, 4.69) is 29.5 Å². The van der Waals surface area contributed by atoms with Gasteiger partial charge in [-0.3, -0.25) is 4.79 Å². The minimum absolute atomic E-state index is 0.170. The molecule has 1 aromatic rings. The number of nitrogens with one attached hydrogen (secondary N) is 2. The fourth-order valence-electron chi connectivity index (χ4n) is 1.94. The van der Waals surface area contributed by atoms with Crippen LogP contribution in [0.5, 0.6) is 0 Å². The summed E-state index contributed by atoms with van der Waals surface area (Å²) in [5.41, 5.74) is 0.358. The molecule has 21 heavy (non-hydrogen) atoms. The quantitative estimate of drug-likeness (QED) is 0.794. The monoisotopic (exact) mass is 296 g/mol. The summed E-state index contributed by atoms with van der Waals surface area (Å²) in [6, 6.07) is -0.170. The van der Waals surface area contributed by atoms with Crippen molar-refractivity contribution in [2.45, 2.75) is 33.2 Å². The molecule has 2 amide bonds. The van der Waals surface area contributed by atoms with Crippen LogP contribution in [0.1, 0.15) is 37.7 Å². The molecule has 0 aliphatic heterocycles. The molecule has 0 spiro atoms. The third kappa shape index (κ3) is 6.29. The van der Waals surface area contributed by atoms with E-state index in [1.165, 1.54) is 0 Å². The standard InChI is InChI=1S/C14H24N4O3/c1-5-21-14(20)17-11(6-10(2)3)7-15-13(19)12-8-18(4)9-16-12/h8-11H,5-7H2,1-4H3,(H,15,19)(H,17,20)/t11-/m0/s1. The number of carbonyl (C=O) groups is 2. The summed E-state index contributed by atoms with van der Waals surface area (Å²) in [7, 11) is 1.80. The number of amides is 2. The molecule has 0 unspecified atom stereocenters. The molecule has 0 radical (unpaired) electrons. The molecule has 0 saturated carbocycles. The maximum atomic E-state index is 11.9. The summed E-state index contributed by atoms with van der Waals surface area (Å²) in [4.78, 5) is 27.4. The number of aryl methyl sites for hydroxylation is 1. The molecule has 0 aromatic carbocycles. The van der Waals surface area contributed by atoms with Crippen molar-refractivity contribution in [2.24, 2.45) is 13.0 Å². The zero-order chi connectivity index (χ0) is 15.8. The normalized spacial score (nSPS) is 12.0. The van der Waals surface area contributed by atoms with Crippen LogP contribution in [0.2, 0.25) is 0 Å². The Kier molecular flexibility index (Phi) is 6.71. The minimum Gasteiger partial charge on any atom is -0.450 e. The number of hydrogen-bond donors (Lipinski definition) is 2. The molecule has 0 aliphatic rings. The van der Waals surface area contributed by atoms with E-state index in [4.69, 9.17) is 4.74 Å². The van der Waals surface area contributed by atoms with Crippen LogP contribution >= 0.6 is 0 Å². The minimum atomic E-state index is -0.463. The van der Waals surface area contributed by atoms with Gasteiger partial charge in [-0.05, 0) is 19.3 Å². The van der Waals surface area contributed by atoms with Gasteiger partial charge in [0, 0.05) is 25.8 Å². The number of imidazole rings is 1. The second-order valence-electron chi connectivity index (χ2n) is 5.33. The molecule has 0 saturated heterocycles. The van der Waals surface area contributed by atoms with Crippen molar-refractivity contribution in [2.75, 3.05) is 13.2 Å². The first kappa shape index (κ1) is 17.0. The Labute approximate surface area is 125 Å². The second kappa shape index (κ2) is 8.28. The third-order valence-corrected chi connectivity index (χ3v) is 2.80. The smallest absolute Gasteiger partial charge is 0.407 e. The predicted molar refractivity (Wildman–Crippen MR) is 78.9 cm³/mol. The summed E-state index contributed by atoms with van der Waals surface area (Å²) < 4.78 is 6.58. The number of carbonyl (C=O) groups excluding carboxylic acids is 2. The van der Waals surface area contributed by atoms with Crippen LogP contribution in [-0.2, 0) is 11.8 Å². The summed E-state index contributed by atoms with van der Waals surface area (Å²) in [5, 5.41) is 5.54. The van der Waals surface area contributed by atoms with E-state index in [0.29, 0.717) is 24.8 Å². The van der Waals surface area contributed by atoms with Gasteiger partial charge in [-0.15, -0.1) is 0 Å². The van der Waals surface area contributed by atoms with E-state index in [9.17, 15) is 9.59 Å². The predicted octanol–water partition coefficient (Wildman–Crippen LogP) is 1.31. The van der Waals surface area contributed by atoms with Crippen molar-refractivity contribution >= 4 is 12.0 Å². The number of nitrogens with zero attached hydrogens (tertiary/aromatic N) is 2. The average molecular weight is 296 g/mol. The Bertz CT molecular complexity index is 471. The van der Waals surface area contributed by atoms with Gasteiger partial charge in [0.15, 0.2) is 0 Å². The van der Waals surface area contributed by atoms with Crippen molar-refractivity contribution in [3.8, 4) is 0 Å². The molecule has 1 rings (SSSR count). The van der Waals surface area contributed by atoms with Crippen molar-refractivity contribution < 1.29 is 14.3 Å². The lowest BCUT2D eigenvalue weighted by atomic mass is 10.0. The zero-order valence-corrected chi connectivity index (χ0v) is 13.0. The van der Waals surface area contributed by atoms with Crippen LogP contribution in [0, 0.1) is 5.92 Å². The van der Waals surface area contributed by atoms with E-state index >= 15 is 0 Å². The molecular weight excluding hydrogens is 272 g/mol. The maximum absolute atomic E-state index is 11.9. The van der Waals surface area contributed by atoms with Gasteiger partial charge in [-0.2, -0.15) is 0 Å². The highest BCUT2D eigenvalue weighted by atomic mass is 16.5. The summed E-state index contributed by atoms with van der Waals surface area (Å²) in [5.74, 6) is 0.138. The van der Waals surface area contributed by atoms with Gasteiger partial charge >= 0.3 is 6.09 Å². The molecule has 1 atom stereocenters. The average Bonchev–Trinajstić information content (AvgIpc) is 2.82. The van der Waals surface area contributed by atoms with E-state index in [0.717, 1.165) is 6.42 Å². The lowest BCUT2D eigenvalue weighted by molar-refractivity contribution is 0.0940. The van der Waals surface area contributed by atoms with Gasteiger partial charge in [0.05, 0.1) is 12.9 Å². The first-order chi connectivity index (χ1) is 9.92. The van der Waals surface area contributed by atoms with Gasteiger partial charge in [0.2, 0.25) is 0 Å². The van der Waals surface area contributed by atoms with E-state index in [1.54, 1.807) is 31.1 Å². The Balaban J connectivity index is 2.52. The van der Waals surface area contributed by atoms with Crippen LogP contribution in [0.3, 0.4) is 0 Å². The number of hydrogen-bond acceptors (Lipinski definition) is 4. The van der Waals surface area contributed by atoms with E-state index in [-0.39, 0.29) is 11.9 Å². The molecule has 0 bridgehead atoms. The molecular formula is C14H24N4O3. The SMILES string of the molecule is CCOC(=O)N[C@H](CNC(=O)c1cn(C)cn1)CC(C)C. The van der Waals surface area contributed by atoms with Gasteiger partial charge in [-0.25, -0.2) is 9.78 Å². The fraction of sp³-hybridized carbons (Fsp3) is 0.643. The van der Waals surface area contributed by atoms with E-state index in [1.807, 2.05) is 0 Å². The van der Waals surface area contributed by atoms with Crippen LogP contribution < -0.4 is 10.6 Å². The highest BCUT2D eigenvalue weighted by molar-refractivity contribution is 5.92. The first-order valence-electron chi connectivity index (χ1n) is 7.11. The van der Waals surface area contributed by atoms with Gasteiger partial charge in [-0.1, -0.05) is 13.8 Å². The molecule has 0 fully saturated rings. The number of ether oxygens (including phenoxy) is 1. The fourth-order valence-corrected chi connectivity index (χ4v) is 1.94. The lowest BCUT2D eigenvalue weighted by Gasteiger charge is -2.20. The van der Waals surface area contributed by atoms with Crippen molar-refractivity contribution in [1.29, 1.82) is 0 Å². The maximum Gasteiger partial charge on any atom is 0.407 e. The second-order valence-corrected chi connectivity index (χ2v) is 5.33. The van der Waals surface area contributed by atoms with Crippen molar-refractivity contribution in [3.63, 3.8) is 0 Å². The van der Waals surface area contributed by atoms with Crippen LogP contribution in [0.15, 0.2) is 12.5 Å². The Morgan fingerprint density at radius 1 is 1.43 bits per heavy atom. The molecule has 0 aliphatic carbocycles. The molecule has 2 N–H and O–H groups in total. The Hall–Kier alpha value is -2.05. The highest BCUT2D eigenvalue weighted by Crippen LogP contribution is 2.05. The molecule has 7 heteroatoms. The lowest BCUT2D eigenvalue weighted by Crippen LogP contribution is -2.44. The largest absolute Gasteiger partial charge is 0.450 e. The zero-order valence-electron chi connectivity index (χ0n) is 13.0. The number of rotatable bonds is 7. The Morgan fingerprint density at radius 2 is 2.14 bits per heavy atom. The van der Waals surface area contributed by atoms with Crippen molar-refractivity contribution in [3.05, 3.63) is 18.2 Å². The molecule has 118 valence electrons. The van der Waals surface area contributed by atoms with Gasteiger partial charge in [0.25, 0.3) is 5.91 Å². The van der Waals surface area contributed by atoms with E-state index < -0.39 is 6.09 Å². The van der Waals surface area contributed by atoms with Crippen LogP contribution in [-0.4, -0.2) is 40.7 Å². The number of aromatic nitrogens is 2. The summed E-state index contributed by atoms with van der Waals surface area (Å²) in [6.07, 6.45) is 3.50. The van der Waals surface area contributed by atoms with Gasteiger partial charge < -0.3 is 19.9 Å². The van der Waals surface area contributed by atoms with Gasteiger partial charge in [0.1, 0.15) is 5.69 Å². The topological polar surface area (TPSA) is 85.3 Å². The number of alkyl carbamates (subject to hydrolysis) is 1. The third-order valence-electron chi connectivity index (χ3n) is 2.80. The van der Waals surface area contributed by atoms with Crippen LogP contribution in [0.25, 0.3) is 0 Å². The summed E-state index contributed by atoms with van der Waals surface area (Å²) >= 11 is 0. The first-order valence-corrected chi connectivity index (χ1v) is 7.11. The molecule has 1 aromatic heterocycles. The summed E-state index contributed by atoms with van der Waals surface area (Å²) in [6.45, 7) is 6.52. The molecule has 1 heterocycles. The highest BCUT2D eigenvalue weighted by Gasteiger charge is 2.17. The Morgan fingerprint density at radius 3 is 2.67 bits per heavy atom.